The van der Waals surface area contributed by atoms with Gasteiger partial charge in [0.2, 0.25) is 0 Å². The number of H-pyrrole nitrogens is 1. The lowest BCUT2D eigenvalue weighted by atomic mass is 10.1. The Labute approximate surface area is 108 Å². The molecule has 90 valence electrons. The number of carboxylic acids is 1. The number of nitrogens with zero attached hydrogens (tertiary/aromatic N) is 2. The Morgan fingerprint density at radius 1 is 1.50 bits per heavy atom. The number of aromatic amines is 1. The molecular formula is C12H9N3O2S. The fraction of sp³-hybridized carbons (Fsp3) is 0.0833. The minimum Gasteiger partial charge on any atom is -0.481 e. The third-order valence-electron chi connectivity index (χ3n) is 2.10. The first-order valence-electron chi connectivity index (χ1n) is 5.03. The van der Waals surface area contributed by atoms with E-state index in [4.69, 9.17) is 11.5 Å². The molecule has 0 spiro atoms. The van der Waals surface area contributed by atoms with Gasteiger partial charge in [0.1, 0.15) is 0 Å². The summed E-state index contributed by atoms with van der Waals surface area (Å²) >= 11 is 1.08. The second kappa shape index (κ2) is 5.38. The summed E-state index contributed by atoms with van der Waals surface area (Å²) in [5.41, 5.74) is 1.57. The van der Waals surface area contributed by atoms with Crippen LogP contribution in [0.25, 0.3) is 11.4 Å². The summed E-state index contributed by atoms with van der Waals surface area (Å²) in [6.45, 7) is 0. The highest BCUT2D eigenvalue weighted by atomic mass is 32.2. The molecule has 0 saturated carbocycles. The second-order valence-corrected chi connectivity index (χ2v) is 4.35. The zero-order valence-corrected chi connectivity index (χ0v) is 10.1. The second-order valence-electron chi connectivity index (χ2n) is 3.39. The minimum atomic E-state index is -0.896. The maximum atomic E-state index is 10.4. The highest BCUT2D eigenvalue weighted by molar-refractivity contribution is 7.99. The van der Waals surface area contributed by atoms with Crippen molar-refractivity contribution >= 4 is 17.7 Å². The van der Waals surface area contributed by atoms with Crippen molar-refractivity contribution in [2.45, 2.75) is 5.16 Å². The Hall–Kier alpha value is -2.26. The molecule has 2 aromatic rings. The highest BCUT2D eigenvalue weighted by Crippen LogP contribution is 2.19. The normalized spacial score (nSPS) is 9.94. The van der Waals surface area contributed by atoms with E-state index in [1.165, 1.54) is 0 Å². The SMILES string of the molecule is C#Cc1cccc(-c2nnc(SCC(=O)O)[nH]2)c1. The summed E-state index contributed by atoms with van der Waals surface area (Å²) in [7, 11) is 0. The van der Waals surface area contributed by atoms with Crippen LogP contribution in [0.3, 0.4) is 0 Å². The molecule has 18 heavy (non-hydrogen) atoms. The third kappa shape index (κ3) is 2.90. The van der Waals surface area contributed by atoms with Crippen LogP contribution >= 0.6 is 11.8 Å². The van der Waals surface area contributed by atoms with Gasteiger partial charge in [-0.3, -0.25) is 4.79 Å². The van der Waals surface area contributed by atoms with Crippen molar-refractivity contribution in [3.05, 3.63) is 29.8 Å². The van der Waals surface area contributed by atoms with Crippen molar-refractivity contribution in [2.24, 2.45) is 0 Å². The van der Waals surface area contributed by atoms with Crippen molar-refractivity contribution < 1.29 is 9.90 Å². The number of aromatic nitrogens is 3. The predicted octanol–water partition coefficient (Wildman–Crippen LogP) is 1.63. The number of rotatable bonds is 4. The van der Waals surface area contributed by atoms with Crippen molar-refractivity contribution in [2.75, 3.05) is 5.75 Å². The van der Waals surface area contributed by atoms with E-state index in [0.29, 0.717) is 11.0 Å². The van der Waals surface area contributed by atoms with Gasteiger partial charge in [0.25, 0.3) is 0 Å². The number of benzene rings is 1. The Balaban J connectivity index is 2.19. The standard InChI is InChI=1S/C12H9N3O2S/c1-2-8-4-3-5-9(6-8)11-13-12(15-14-11)18-7-10(16)17/h1,3-6H,7H2,(H,16,17)(H,13,14,15). The van der Waals surface area contributed by atoms with Gasteiger partial charge >= 0.3 is 5.97 Å². The molecule has 0 amide bonds. The fourth-order valence-electron chi connectivity index (χ4n) is 1.33. The number of carboxylic acid groups (broad SMARTS) is 1. The van der Waals surface area contributed by atoms with E-state index in [0.717, 1.165) is 22.9 Å². The number of hydrogen-bond donors (Lipinski definition) is 2. The van der Waals surface area contributed by atoms with Gasteiger partial charge in [-0.25, -0.2) is 0 Å². The van der Waals surface area contributed by atoms with Gasteiger partial charge in [-0.1, -0.05) is 29.8 Å². The largest absolute Gasteiger partial charge is 0.481 e. The summed E-state index contributed by atoms with van der Waals surface area (Å²) in [5, 5.41) is 16.8. The average Bonchev–Trinajstić information content (AvgIpc) is 2.85. The van der Waals surface area contributed by atoms with Crippen LogP contribution in [0.5, 0.6) is 0 Å². The monoisotopic (exact) mass is 259 g/mol. The van der Waals surface area contributed by atoms with E-state index < -0.39 is 5.97 Å². The quantitative estimate of drug-likeness (QED) is 0.644. The van der Waals surface area contributed by atoms with Crippen molar-refractivity contribution in [1.82, 2.24) is 15.2 Å². The zero-order chi connectivity index (χ0) is 13.0. The van der Waals surface area contributed by atoms with E-state index in [1.807, 2.05) is 24.3 Å². The van der Waals surface area contributed by atoms with Crippen LogP contribution in [0.4, 0.5) is 0 Å². The summed E-state index contributed by atoms with van der Waals surface area (Å²) < 4.78 is 0. The molecule has 0 radical (unpaired) electrons. The maximum absolute atomic E-state index is 10.4. The maximum Gasteiger partial charge on any atom is 0.313 e. The molecule has 1 aromatic heterocycles. The van der Waals surface area contributed by atoms with Gasteiger partial charge in [-0.15, -0.1) is 16.6 Å². The number of carbonyl (C=O) groups is 1. The van der Waals surface area contributed by atoms with Crippen molar-refractivity contribution in [1.29, 1.82) is 0 Å². The lowest BCUT2D eigenvalue weighted by Crippen LogP contribution is -1.97. The lowest BCUT2D eigenvalue weighted by Gasteiger charge is -1.96. The summed E-state index contributed by atoms with van der Waals surface area (Å²) in [5.74, 6) is 2.16. The summed E-state index contributed by atoms with van der Waals surface area (Å²) in [6, 6.07) is 7.32. The van der Waals surface area contributed by atoms with E-state index in [-0.39, 0.29) is 5.75 Å². The van der Waals surface area contributed by atoms with Crippen LogP contribution in [-0.2, 0) is 4.79 Å². The van der Waals surface area contributed by atoms with Crippen LogP contribution in [0, 0.1) is 12.3 Å². The van der Waals surface area contributed by atoms with Crippen LogP contribution < -0.4 is 0 Å². The Morgan fingerprint density at radius 2 is 2.33 bits per heavy atom. The van der Waals surface area contributed by atoms with E-state index in [1.54, 1.807) is 0 Å². The minimum absolute atomic E-state index is 0.0565. The van der Waals surface area contributed by atoms with Gasteiger partial charge in [0.05, 0.1) is 5.75 Å². The molecule has 2 rings (SSSR count). The lowest BCUT2D eigenvalue weighted by molar-refractivity contribution is -0.133. The molecule has 0 atom stereocenters. The van der Waals surface area contributed by atoms with E-state index in [2.05, 4.69) is 21.1 Å². The molecule has 0 fully saturated rings. The summed E-state index contributed by atoms with van der Waals surface area (Å²) in [6.07, 6.45) is 5.32. The average molecular weight is 259 g/mol. The van der Waals surface area contributed by atoms with Crippen LogP contribution in [0.1, 0.15) is 5.56 Å². The van der Waals surface area contributed by atoms with E-state index >= 15 is 0 Å². The van der Waals surface area contributed by atoms with Crippen LogP contribution in [-0.4, -0.2) is 32.0 Å². The Bertz CT molecular complexity index is 616. The number of terminal acetylenes is 1. The molecular weight excluding hydrogens is 250 g/mol. The van der Waals surface area contributed by atoms with Gasteiger partial charge in [0.15, 0.2) is 11.0 Å². The van der Waals surface area contributed by atoms with Gasteiger partial charge < -0.3 is 10.1 Å². The van der Waals surface area contributed by atoms with Crippen LogP contribution in [0.15, 0.2) is 29.4 Å². The number of hydrogen-bond acceptors (Lipinski definition) is 4. The third-order valence-corrected chi connectivity index (χ3v) is 2.95. The molecule has 0 bridgehead atoms. The molecule has 0 aliphatic heterocycles. The fourth-order valence-corrected chi connectivity index (χ4v) is 1.86. The Kier molecular flexibility index (Phi) is 3.65. The molecule has 0 unspecified atom stereocenters. The van der Waals surface area contributed by atoms with Gasteiger partial charge in [-0.05, 0) is 12.1 Å². The molecule has 1 heterocycles. The predicted molar refractivity (Wildman–Crippen MR) is 68.1 cm³/mol. The van der Waals surface area contributed by atoms with Gasteiger partial charge in [0, 0.05) is 11.1 Å². The number of nitrogens with one attached hydrogen (secondary N) is 1. The number of thioether (sulfide) groups is 1. The first kappa shape index (κ1) is 12.2. The van der Waals surface area contributed by atoms with Crippen LogP contribution in [0.2, 0.25) is 0 Å². The molecule has 6 heteroatoms. The highest BCUT2D eigenvalue weighted by Gasteiger charge is 2.07. The first-order chi connectivity index (χ1) is 8.69. The van der Waals surface area contributed by atoms with Crippen molar-refractivity contribution in [3.63, 3.8) is 0 Å². The first-order valence-corrected chi connectivity index (χ1v) is 6.02. The zero-order valence-electron chi connectivity index (χ0n) is 9.25. The smallest absolute Gasteiger partial charge is 0.313 e. The number of aliphatic carboxylic acids is 1. The topological polar surface area (TPSA) is 78.9 Å². The molecule has 0 saturated heterocycles. The van der Waals surface area contributed by atoms with Gasteiger partial charge in [-0.2, -0.15) is 0 Å². The molecule has 1 aromatic carbocycles. The molecule has 0 aliphatic rings. The summed E-state index contributed by atoms with van der Waals surface area (Å²) in [4.78, 5) is 13.4. The Morgan fingerprint density at radius 3 is 3.06 bits per heavy atom. The molecule has 5 nitrogen and oxygen atoms in total. The molecule has 2 N–H and O–H groups in total. The van der Waals surface area contributed by atoms with E-state index in [9.17, 15) is 4.79 Å². The molecule has 0 aliphatic carbocycles. The van der Waals surface area contributed by atoms with Crippen molar-refractivity contribution in [3.8, 4) is 23.7 Å².